The maximum Gasteiger partial charge on any atom is 0.234 e. The van der Waals surface area contributed by atoms with E-state index in [1.165, 1.54) is 0 Å². The van der Waals surface area contributed by atoms with Gasteiger partial charge in [-0.15, -0.1) is 0 Å². The molecule has 0 bridgehead atoms. The van der Waals surface area contributed by atoms with Crippen LogP contribution in [-0.2, 0) is 10.2 Å². The molecule has 0 saturated carbocycles. The molecule has 3 rings (SSSR count). The Morgan fingerprint density at radius 2 is 1.90 bits per heavy atom. The van der Waals surface area contributed by atoms with E-state index in [9.17, 15) is 4.79 Å². The van der Waals surface area contributed by atoms with Crippen molar-refractivity contribution in [2.75, 3.05) is 5.32 Å². The molecule has 1 aliphatic heterocycles. The standard InChI is InChI=1S/C17H17ClN2O/c1-17(2)12-9-10(7-8-14(12)20-16(17)21)15(19)11-5-3-4-6-13(11)18/h3-9,15H,19H2,1-2H3,(H,20,21). The van der Waals surface area contributed by atoms with E-state index in [2.05, 4.69) is 5.32 Å². The third-order valence-electron chi connectivity index (χ3n) is 4.13. The van der Waals surface area contributed by atoms with Gasteiger partial charge in [0.2, 0.25) is 5.91 Å². The smallest absolute Gasteiger partial charge is 0.234 e. The number of anilines is 1. The van der Waals surface area contributed by atoms with E-state index in [0.29, 0.717) is 5.02 Å². The van der Waals surface area contributed by atoms with Crippen LogP contribution in [0.25, 0.3) is 0 Å². The van der Waals surface area contributed by atoms with Gasteiger partial charge in [-0.05, 0) is 42.7 Å². The second-order valence-electron chi connectivity index (χ2n) is 5.88. The fraction of sp³-hybridized carbons (Fsp3) is 0.235. The van der Waals surface area contributed by atoms with E-state index in [1.54, 1.807) is 0 Å². The van der Waals surface area contributed by atoms with Crippen LogP contribution in [0, 0.1) is 0 Å². The summed E-state index contributed by atoms with van der Waals surface area (Å²) in [5.41, 5.74) is 9.48. The van der Waals surface area contributed by atoms with E-state index in [-0.39, 0.29) is 11.9 Å². The highest BCUT2D eigenvalue weighted by Crippen LogP contribution is 2.39. The van der Waals surface area contributed by atoms with E-state index >= 15 is 0 Å². The van der Waals surface area contributed by atoms with Gasteiger partial charge < -0.3 is 11.1 Å². The summed E-state index contributed by atoms with van der Waals surface area (Å²) in [4.78, 5) is 12.0. The number of hydrogen-bond acceptors (Lipinski definition) is 2. The molecule has 0 radical (unpaired) electrons. The predicted octanol–water partition coefficient (Wildman–Crippen LogP) is 3.62. The van der Waals surface area contributed by atoms with Crippen molar-refractivity contribution in [3.05, 3.63) is 64.2 Å². The third kappa shape index (κ3) is 2.23. The normalized spacial score (nSPS) is 17.2. The van der Waals surface area contributed by atoms with E-state index in [4.69, 9.17) is 17.3 Å². The number of benzene rings is 2. The topological polar surface area (TPSA) is 55.1 Å². The molecule has 0 aliphatic carbocycles. The zero-order valence-electron chi connectivity index (χ0n) is 12.0. The number of carbonyl (C=O) groups excluding carboxylic acids is 1. The lowest BCUT2D eigenvalue weighted by Gasteiger charge is -2.19. The Bertz CT molecular complexity index is 724. The fourth-order valence-electron chi connectivity index (χ4n) is 2.69. The molecule has 21 heavy (non-hydrogen) atoms. The van der Waals surface area contributed by atoms with Crippen molar-refractivity contribution in [2.24, 2.45) is 5.73 Å². The molecule has 1 heterocycles. The second-order valence-corrected chi connectivity index (χ2v) is 6.29. The van der Waals surface area contributed by atoms with E-state index in [0.717, 1.165) is 22.4 Å². The molecule has 1 atom stereocenters. The maximum absolute atomic E-state index is 12.0. The van der Waals surface area contributed by atoms with Crippen LogP contribution in [-0.4, -0.2) is 5.91 Å². The van der Waals surface area contributed by atoms with E-state index < -0.39 is 5.41 Å². The summed E-state index contributed by atoms with van der Waals surface area (Å²) in [6.07, 6.45) is 0. The molecule has 0 fully saturated rings. The molecule has 0 saturated heterocycles. The molecule has 1 unspecified atom stereocenters. The Morgan fingerprint density at radius 3 is 2.62 bits per heavy atom. The number of halogens is 1. The van der Waals surface area contributed by atoms with Crippen molar-refractivity contribution in [1.82, 2.24) is 0 Å². The zero-order valence-corrected chi connectivity index (χ0v) is 12.7. The van der Waals surface area contributed by atoms with Gasteiger partial charge in [0.1, 0.15) is 0 Å². The molecule has 2 aromatic carbocycles. The van der Waals surface area contributed by atoms with Crippen molar-refractivity contribution in [1.29, 1.82) is 0 Å². The van der Waals surface area contributed by atoms with Gasteiger partial charge in [-0.1, -0.05) is 41.9 Å². The summed E-state index contributed by atoms with van der Waals surface area (Å²) in [5.74, 6) is 0.0148. The number of nitrogens with two attached hydrogens (primary N) is 1. The first-order valence-corrected chi connectivity index (χ1v) is 7.25. The Hall–Kier alpha value is -1.84. The average molecular weight is 301 g/mol. The Balaban J connectivity index is 2.05. The van der Waals surface area contributed by atoms with Crippen LogP contribution < -0.4 is 11.1 Å². The molecule has 3 N–H and O–H groups in total. The lowest BCUT2D eigenvalue weighted by molar-refractivity contribution is -0.119. The fourth-order valence-corrected chi connectivity index (χ4v) is 2.94. The highest BCUT2D eigenvalue weighted by atomic mass is 35.5. The summed E-state index contributed by atoms with van der Waals surface area (Å²) in [6.45, 7) is 3.83. The van der Waals surface area contributed by atoms with Gasteiger partial charge in [0.15, 0.2) is 0 Å². The minimum Gasteiger partial charge on any atom is -0.325 e. The van der Waals surface area contributed by atoms with Gasteiger partial charge >= 0.3 is 0 Å². The highest BCUT2D eigenvalue weighted by molar-refractivity contribution is 6.31. The number of rotatable bonds is 2. The first-order valence-electron chi connectivity index (χ1n) is 6.87. The molecule has 4 heteroatoms. The van der Waals surface area contributed by atoms with Crippen LogP contribution in [0.2, 0.25) is 5.02 Å². The Kier molecular flexibility index (Phi) is 3.27. The first-order chi connectivity index (χ1) is 9.91. The second kappa shape index (κ2) is 4.86. The Morgan fingerprint density at radius 1 is 1.19 bits per heavy atom. The van der Waals surface area contributed by atoms with Gasteiger partial charge in [0.05, 0.1) is 11.5 Å². The van der Waals surface area contributed by atoms with Crippen molar-refractivity contribution >= 4 is 23.2 Å². The summed E-state index contributed by atoms with van der Waals surface area (Å²) in [6, 6.07) is 13.1. The van der Waals surface area contributed by atoms with Crippen LogP contribution in [0.3, 0.4) is 0 Å². The van der Waals surface area contributed by atoms with Crippen LogP contribution in [0.4, 0.5) is 5.69 Å². The van der Waals surface area contributed by atoms with Crippen molar-refractivity contribution < 1.29 is 4.79 Å². The summed E-state index contributed by atoms with van der Waals surface area (Å²) in [7, 11) is 0. The number of amides is 1. The van der Waals surface area contributed by atoms with Crippen LogP contribution in [0.1, 0.15) is 36.6 Å². The molecule has 1 aliphatic rings. The maximum atomic E-state index is 12.0. The zero-order chi connectivity index (χ0) is 15.2. The molecular weight excluding hydrogens is 284 g/mol. The van der Waals surface area contributed by atoms with Gasteiger partial charge in [-0.2, -0.15) is 0 Å². The first kappa shape index (κ1) is 14.1. The lowest BCUT2D eigenvalue weighted by atomic mass is 9.84. The summed E-state index contributed by atoms with van der Waals surface area (Å²) < 4.78 is 0. The number of hydrogen-bond donors (Lipinski definition) is 2. The molecule has 108 valence electrons. The Labute approximate surface area is 129 Å². The molecule has 2 aromatic rings. The number of nitrogens with one attached hydrogen (secondary N) is 1. The summed E-state index contributed by atoms with van der Waals surface area (Å²) in [5, 5.41) is 3.55. The third-order valence-corrected chi connectivity index (χ3v) is 4.48. The van der Waals surface area contributed by atoms with Gasteiger partial charge in [-0.25, -0.2) is 0 Å². The molecular formula is C17H17ClN2O. The number of fused-ring (bicyclic) bond motifs is 1. The monoisotopic (exact) mass is 300 g/mol. The van der Waals surface area contributed by atoms with Crippen molar-refractivity contribution in [3.8, 4) is 0 Å². The van der Waals surface area contributed by atoms with Crippen LogP contribution in [0.15, 0.2) is 42.5 Å². The van der Waals surface area contributed by atoms with Gasteiger partial charge in [0, 0.05) is 10.7 Å². The SMILES string of the molecule is CC1(C)C(=O)Nc2ccc(C(N)c3ccccc3Cl)cc21. The average Bonchev–Trinajstić information content (AvgIpc) is 2.69. The minimum absolute atomic E-state index is 0.0148. The largest absolute Gasteiger partial charge is 0.325 e. The van der Waals surface area contributed by atoms with Crippen molar-refractivity contribution in [2.45, 2.75) is 25.3 Å². The van der Waals surface area contributed by atoms with Gasteiger partial charge in [-0.3, -0.25) is 4.79 Å². The number of carbonyl (C=O) groups is 1. The van der Waals surface area contributed by atoms with E-state index in [1.807, 2.05) is 56.3 Å². The van der Waals surface area contributed by atoms with Crippen LogP contribution >= 0.6 is 11.6 Å². The van der Waals surface area contributed by atoms with Gasteiger partial charge in [0.25, 0.3) is 0 Å². The molecule has 1 amide bonds. The highest BCUT2D eigenvalue weighted by Gasteiger charge is 2.38. The molecule has 3 nitrogen and oxygen atoms in total. The predicted molar refractivity (Wildman–Crippen MR) is 85.6 cm³/mol. The molecule has 0 spiro atoms. The molecule has 0 aromatic heterocycles. The lowest BCUT2D eigenvalue weighted by Crippen LogP contribution is -2.27. The minimum atomic E-state index is -0.536. The quantitative estimate of drug-likeness (QED) is 0.890. The summed E-state index contributed by atoms with van der Waals surface area (Å²) >= 11 is 6.22. The van der Waals surface area contributed by atoms with Crippen LogP contribution in [0.5, 0.6) is 0 Å². The van der Waals surface area contributed by atoms with Crippen molar-refractivity contribution in [3.63, 3.8) is 0 Å².